The second-order valence-electron chi connectivity index (χ2n) is 4.93. The number of nitrogens with zero attached hydrogens (tertiary/aromatic N) is 1. The highest BCUT2D eigenvalue weighted by atomic mass is 16.5. The van der Waals surface area contributed by atoms with Crippen LogP contribution in [0.25, 0.3) is 0 Å². The highest BCUT2D eigenvalue weighted by Gasteiger charge is 2.20. The fourth-order valence-electron chi connectivity index (χ4n) is 1.64. The molecule has 0 amide bonds. The molecule has 1 aliphatic rings. The van der Waals surface area contributed by atoms with Gasteiger partial charge in [0.1, 0.15) is 0 Å². The van der Waals surface area contributed by atoms with Gasteiger partial charge in [0.05, 0.1) is 6.61 Å². The van der Waals surface area contributed by atoms with E-state index >= 15 is 0 Å². The lowest BCUT2D eigenvalue weighted by molar-refractivity contribution is 0.103. The number of rotatable bonds is 11. The van der Waals surface area contributed by atoms with Gasteiger partial charge in [-0.2, -0.15) is 0 Å². The first-order valence-electron chi connectivity index (χ1n) is 6.80. The van der Waals surface area contributed by atoms with Crippen LogP contribution in [0.5, 0.6) is 0 Å². The maximum Gasteiger partial charge on any atom is 0.0593 e. The molecule has 0 aromatic carbocycles. The van der Waals surface area contributed by atoms with E-state index in [9.17, 15) is 0 Å². The average molecular weight is 228 g/mol. The second-order valence-corrected chi connectivity index (χ2v) is 4.93. The maximum atomic E-state index is 5.62. The molecule has 1 fully saturated rings. The predicted molar refractivity (Wildman–Crippen MR) is 68.8 cm³/mol. The Kier molecular flexibility index (Phi) is 7.81. The molecule has 1 aliphatic carbocycles. The van der Waals surface area contributed by atoms with Crippen LogP contribution in [-0.2, 0) is 4.74 Å². The van der Waals surface area contributed by atoms with E-state index < -0.39 is 0 Å². The normalized spacial score (nSPS) is 15.9. The molecule has 0 aromatic heterocycles. The zero-order valence-electron chi connectivity index (χ0n) is 11.0. The van der Waals surface area contributed by atoms with Gasteiger partial charge in [-0.3, -0.25) is 0 Å². The molecule has 0 bridgehead atoms. The van der Waals surface area contributed by atoms with Crippen LogP contribution in [0.1, 0.15) is 32.6 Å². The summed E-state index contributed by atoms with van der Waals surface area (Å²) < 4.78 is 5.62. The summed E-state index contributed by atoms with van der Waals surface area (Å²) in [4.78, 5) is 2.36. The molecule has 16 heavy (non-hydrogen) atoms. The van der Waals surface area contributed by atoms with Gasteiger partial charge < -0.3 is 15.0 Å². The summed E-state index contributed by atoms with van der Waals surface area (Å²) in [5, 5.41) is 3.42. The topological polar surface area (TPSA) is 24.5 Å². The van der Waals surface area contributed by atoms with Crippen LogP contribution in [0.3, 0.4) is 0 Å². The molecule has 0 atom stereocenters. The van der Waals surface area contributed by atoms with Gasteiger partial charge in [-0.1, -0.05) is 6.92 Å². The van der Waals surface area contributed by atoms with E-state index in [2.05, 4.69) is 24.2 Å². The van der Waals surface area contributed by atoms with Crippen LogP contribution in [-0.4, -0.2) is 51.3 Å². The first kappa shape index (κ1) is 13.9. The van der Waals surface area contributed by atoms with Gasteiger partial charge >= 0.3 is 0 Å². The fourth-order valence-corrected chi connectivity index (χ4v) is 1.64. The molecule has 3 heteroatoms. The van der Waals surface area contributed by atoms with Crippen LogP contribution in [0.2, 0.25) is 0 Å². The van der Waals surface area contributed by atoms with Crippen molar-refractivity contribution in [2.75, 3.05) is 46.4 Å². The number of hydrogen-bond acceptors (Lipinski definition) is 3. The van der Waals surface area contributed by atoms with E-state index in [1.165, 1.54) is 32.2 Å². The van der Waals surface area contributed by atoms with Gasteiger partial charge in [0.25, 0.3) is 0 Å². The van der Waals surface area contributed by atoms with E-state index in [0.717, 1.165) is 38.8 Å². The summed E-state index contributed by atoms with van der Waals surface area (Å²) >= 11 is 0. The maximum absolute atomic E-state index is 5.62. The third-order valence-corrected chi connectivity index (χ3v) is 2.99. The molecular weight excluding hydrogens is 200 g/mol. The van der Waals surface area contributed by atoms with Crippen LogP contribution in [0, 0.1) is 5.92 Å². The molecule has 0 unspecified atom stereocenters. The Hall–Kier alpha value is -0.120. The third kappa shape index (κ3) is 8.08. The highest BCUT2D eigenvalue weighted by Crippen LogP contribution is 2.28. The van der Waals surface area contributed by atoms with Crippen LogP contribution in [0.15, 0.2) is 0 Å². The number of ether oxygens (including phenoxy) is 1. The summed E-state index contributed by atoms with van der Waals surface area (Å²) in [6.45, 7) is 8.62. The molecule has 96 valence electrons. The fraction of sp³-hybridized carbons (Fsp3) is 1.00. The van der Waals surface area contributed by atoms with Crippen molar-refractivity contribution in [1.82, 2.24) is 10.2 Å². The van der Waals surface area contributed by atoms with E-state index in [4.69, 9.17) is 4.74 Å². The van der Waals surface area contributed by atoms with Gasteiger partial charge in [0.15, 0.2) is 0 Å². The van der Waals surface area contributed by atoms with Crippen molar-refractivity contribution in [3.05, 3.63) is 0 Å². The molecule has 0 saturated heterocycles. The van der Waals surface area contributed by atoms with Crippen LogP contribution < -0.4 is 5.32 Å². The Bertz CT molecular complexity index is 160. The zero-order chi connectivity index (χ0) is 11.6. The van der Waals surface area contributed by atoms with Crippen LogP contribution >= 0.6 is 0 Å². The number of nitrogens with one attached hydrogen (secondary N) is 1. The minimum absolute atomic E-state index is 0.892. The van der Waals surface area contributed by atoms with Crippen molar-refractivity contribution in [2.45, 2.75) is 32.6 Å². The Morgan fingerprint density at radius 1 is 1.25 bits per heavy atom. The smallest absolute Gasteiger partial charge is 0.0593 e. The molecule has 0 aromatic rings. The van der Waals surface area contributed by atoms with Gasteiger partial charge in [-0.05, 0) is 58.3 Å². The lowest BCUT2D eigenvalue weighted by atomic mass is 10.3. The monoisotopic (exact) mass is 228 g/mol. The molecule has 0 spiro atoms. The lowest BCUT2D eigenvalue weighted by Gasteiger charge is -2.16. The van der Waals surface area contributed by atoms with E-state index in [0.29, 0.717) is 0 Å². The minimum Gasteiger partial charge on any atom is -0.380 e. The standard InChI is InChI=1S/C13H28N2O/c1-3-7-14-8-4-9-15(2)10-11-16-12-13-5-6-13/h13-14H,3-12H2,1-2H3. The highest BCUT2D eigenvalue weighted by molar-refractivity contribution is 4.71. The minimum atomic E-state index is 0.892. The molecule has 1 rings (SSSR count). The van der Waals surface area contributed by atoms with Crippen molar-refractivity contribution in [3.8, 4) is 0 Å². The SMILES string of the molecule is CCCNCCCN(C)CCOCC1CC1. The summed E-state index contributed by atoms with van der Waals surface area (Å²) in [5.74, 6) is 0.892. The molecule has 0 heterocycles. The quantitative estimate of drug-likeness (QED) is 0.545. The van der Waals surface area contributed by atoms with E-state index in [-0.39, 0.29) is 0 Å². The molecule has 0 aliphatic heterocycles. The second kappa shape index (κ2) is 8.97. The zero-order valence-corrected chi connectivity index (χ0v) is 11.0. The Balaban J connectivity index is 1.76. The van der Waals surface area contributed by atoms with E-state index in [1.54, 1.807) is 0 Å². The molecule has 0 radical (unpaired) electrons. The molecule has 1 N–H and O–H groups in total. The molecular formula is C13H28N2O. The average Bonchev–Trinajstić information content (AvgIpc) is 3.08. The van der Waals surface area contributed by atoms with Crippen LogP contribution in [0.4, 0.5) is 0 Å². The molecule has 1 saturated carbocycles. The summed E-state index contributed by atoms with van der Waals surface area (Å²) in [6.07, 6.45) is 5.24. The lowest BCUT2D eigenvalue weighted by Crippen LogP contribution is -2.27. The Morgan fingerprint density at radius 3 is 2.75 bits per heavy atom. The first-order valence-corrected chi connectivity index (χ1v) is 6.80. The van der Waals surface area contributed by atoms with Crippen molar-refractivity contribution in [3.63, 3.8) is 0 Å². The molecule has 3 nitrogen and oxygen atoms in total. The summed E-state index contributed by atoms with van der Waals surface area (Å²) in [5.41, 5.74) is 0. The van der Waals surface area contributed by atoms with Gasteiger partial charge in [0, 0.05) is 13.2 Å². The van der Waals surface area contributed by atoms with Crippen molar-refractivity contribution < 1.29 is 4.74 Å². The summed E-state index contributed by atoms with van der Waals surface area (Å²) in [7, 11) is 2.18. The van der Waals surface area contributed by atoms with Crippen molar-refractivity contribution in [1.29, 1.82) is 0 Å². The van der Waals surface area contributed by atoms with Gasteiger partial charge in [-0.25, -0.2) is 0 Å². The predicted octanol–water partition coefficient (Wildman–Crippen LogP) is 1.73. The Morgan fingerprint density at radius 2 is 2.06 bits per heavy atom. The van der Waals surface area contributed by atoms with Gasteiger partial charge in [0.2, 0.25) is 0 Å². The number of likely N-dealkylation sites (N-methyl/N-ethyl adjacent to an activating group) is 1. The van der Waals surface area contributed by atoms with Crippen molar-refractivity contribution >= 4 is 0 Å². The Labute approximate surface area is 101 Å². The largest absolute Gasteiger partial charge is 0.380 e. The third-order valence-electron chi connectivity index (χ3n) is 2.99. The van der Waals surface area contributed by atoms with Gasteiger partial charge in [-0.15, -0.1) is 0 Å². The first-order chi connectivity index (χ1) is 7.83. The summed E-state index contributed by atoms with van der Waals surface area (Å²) in [6, 6.07) is 0. The number of hydrogen-bond donors (Lipinski definition) is 1. The van der Waals surface area contributed by atoms with Crippen molar-refractivity contribution in [2.24, 2.45) is 5.92 Å². The van der Waals surface area contributed by atoms with E-state index in [1.807, 2.05) is 0 Å².